The van der Waals surface area contributed by atoms with Crippen molar-refractivity contribution in [2.24, 2.45) is 5.73 Å². The largest absolute Gasteiger partial charge is 0.366 e. The second-order valence-corrected chi connectivity index (χ2v) is 7.73. The highest BCUT2D eigenvalue weighted by Gasteiger charge is 2.33. The molecule has 1 heterocycles. The molecule has 0 saturated carbocycles. The van der Waals surface area contributed by atoms with Crippen molar-refractivity contribution in [3.63, 3.8) is 0 Å². The Hall–Kier alpha value is -2.25. The van der Waals surface area contributed by atoms with Crippen LogP contribution in [0, 0.1) is 5.82 Å². The zero-order valence-electron chi connectivity index (χ0n) is 12.9. The van der Waals surface area contributed by atoms with Crippen LogP contribution in [0.4, 0.5) is 4.39 Å². The number of halogens is 1. The van der Waals surface area contributed by atoms with Gasteiger partial charge >= 0.3 is 0 Å². The lowest BCUT2D eigenvalue weighted by atomic mass is 9.99. The van der Waals surface area contributed by atoms with Gasteiger partial charge in [0.15, 0.2) is 0 Å². The number of sulfonamides is 1. The Kier molecular flexibility index (Phi) is 4.38. The first kappa shape index (κ1) is 16.6. The number of rotatable bonds is 4. The van der Waals surface area contributed by atoms with Gasteiger partial charge in [-0.3, -0.25) is 4.79 Å². The van der Waals surface area contributed by atoms with Crippen molar-refractivity contribution in [1.82, 2.24) is 4.31 Å². The van der Waals surface area contributed by atoms with Crippen LogP contribution in [0.3, 0.4) is 0 Å². The van der Waals surface area contributed by atoms with Crippen LogP contribution < -0.4 is 5.73 Å². The van der Waals surface area contributed by atoms with Crippen molar-refractivity contribution in [3.8, 4) is 0 Å². The van der Waals surface area contributed by atoms with Gasteiger partial charge in [0.05, 0.1) is 4.90 Å². The van der Waals surface area contributed by atoms with E-state index in [0.29, 0.717) is 19.5 Å². The van der Waals surface area contributed by atoms with E-state index in [1.54, 1.807) is 6.07 Å². The average molecular weight is 348 g/mol. The first-order valence-corrected chi connectivity index (χ1v) is 8.97. The SMILES string of the molecule is NC(=O)c1ccc(S(=O)(=O)N2CCC(c3cccc(F)c3)C2)cc1. The van der Waals surface area contributed by atoms with Gasteiger partial charge in [0.2, 0.25) is 15.9 Å². The lowest BCUT2D eigenvalue weighted by Gasteiger charge is -2.17. The van der Waals surface area contributed by atoms with Crippen LogP contribution in [0.5, 0.6) is 0 Å². The molecule has 1 aliphatic heterocycles. The molecule has 0 bridgehead atoms. The lowest BCUT2D eigenvalue weighted by Crippen LogP contribution is -2.28. The van der Waals surface area contributed by atoms with Crippen molar-refractivity contribution in [3.05, 3.63) is 65.5 Å². The zero-order chi connectivity index (χ0) is 17.3. The molecule has 0 spiro atoms. The Morgan fingerprint density at radius 1 is 1.17 bits per heavy atom. The van der Waals surface area contributed by atoms with E-state index in [9.17, 15) is 17.6 Å². The molecule has 1 saturated heterocycles. The third kappa shape index (κ3) is 3.18. The van der Waals surface area contributed by atoms with Crippen LogP contribution in [-0.2, 0) is 10.0 Å². The van der Waals surface area contributed by atoms with E-state index in [4.69, 9.17) is 5.73 Å². The van der Waals surface area contributed by atoms with E-state index in [1.807, 2.05) is 6.07 Å². The molecule has 1 fully saturated rings. The third-order valence-electron chi connectivity index (χ3n) is 4.25. The van der Waals surface area contributed by atoms with Gasteiger partial charge in [-0.25, -0.2) is 12.8 Å². The average Bonchev–Trinajstić information content (AvgIpc) is 3.06. The summed E-state index contributed by atoms with van der Waals surface area (Å²) in [6.45, 7) is 0.685. The molecule has 5 nitrogen and oxygen atoms in total. The Labute approximate surface area is 139 Å². The number of primary amides is 1. The molecule has 2 aromatic carbocycles. The maximum Gasteiger partial charge on any atom is 0.248 e. The molecule has 0 aliphatic carbocycles. The Morgan fingerprint density at radius 3 is 2.50 bits per heavy atom. The molecule has 7 heteroatoms. The van der Waals surface area contributed by atoms with Crippen LogP contribution >= 0.6 is 0 Å². The second kappa shape index (κ2) is 6.33. The van der Waals surface area contributed by atoms with Gasteiger partial charge in [0.1, 0.15) is 5.82 Å². The first-order valence-electron chi connectivity index (χ1n) is 7.53. The molecule has 0 radical (unpaired) electrons. The van der Waals surface area contributed by atoms with E-state index in [2.05, 4.69) is 0 Å². The van der Waals surface area contributed by atoms with E-state index in [-0.39, 0.29) is 22.2 Å². The monoisotopic (exact) mass is 348 g/mol. The number of carbonyl (C=O) groups excluding carboxylic acids is 1. The van der Waals surface area contributed by atoms with Gasteiger partial charge in [-0.15, -0.1) is 0 Å². The minimum atomic E-state index is -3.64. The van der Waals surface area contributed by atoms with Crippen molar-refractivity contribution >= 4 is 15.9 Å². The summed E-state index contributed by atoms with van der Waals surface area (Å²) in [7, 11) is -3.64. The molecule has 2 N–H and O–H groups in total. The summed E-state index contributed by atoms with van der Waals surface area (Å²) in [6, 6.07) is 11.8. The summed E-state index contributed by atoms with van der Waals surface area (Å²) >= 11 is 0. The lowest BCUT2D eigenvalue weighted by molar-refractivity contribution is 0.1000. The fourth-order valence-corrected chi connectivity index (χ4v) is 4.42. The summed E-state index contributed by atoms with van der Waals surface area (Å²) in [4.78, 5) is 11.2. The van der Waals surface area contributed by atoms with E-state index >= 15 is 0 Å². The Morgan fingerprint density at radius 2 is 1.88 bits per heavy atom. The van der Waals surface area contributed by atoms with Gasteiger partial charge in [-0.2, -0.15) is 4.31 Å². The topological polar surface area (TPSA) is 80.5 Å². The van der Waals surface area contributed by atoms with Gasteiger partial charge in [-0.1, -0.05) is 12.1 Å². The molecule has 1 aliphatic rings. The number of nitrogens with zero attached hydrogens (tertiary/aromatic N) is 1. The molecule has 0 aromatic heterocycles. The zero-order valence-corrected chi connectivity index (χ0v) is 13.7. The van der Waals surface area contributed by atoms with E-state index < -0.39 is 15.9 Å². The highest BCUT2D eigenvalue weighted by atomic mass is 32.2. The van der Waals surface area contributed by atoms with E-state index in [0.717, 1.165) is 5.56 Å². The Balaban J connectivity index is 1.80. The number of hydrogen-bond donors (Lipinski definition) is 1. The summed E-state index contributed by atoms with van der Waals surface area (Å²) in [6.07, 6.45) is 0.641. The second-order valence-electron chi connectivity index (χ2n) is 5.79. The number of carbonyl (C=O) groups is 1. The fourth-order valence-electron chi connectivity index (χ4n) is 2.92. The smallest absolute Gasteiger partial charge is 0.248 e. The Bertz CT molecular complexity index is 866. The minimum absolute atomic E-state index is 0.0274. The highest BCUT2D eigenvalue weighted by molar-refractivity contribution is 7.89. The first-order chi connectivity index (χ1) is 11.4. The minimum Gasteiger partial charge on any atom is -0.366 e. The van der Waals surface area contributed by atoms with Crippen LogP contribution in [0.1, 0.15) is 28.3 Å². The quantitative estimate of drug-likeness (QED) is 0.919. The van der Waals surface area contributed by atoms with Crippen LogP contribution in [-0.4, -0.2) is 31.7 Å². The number of nitrogens with two attached hydrogens (primary N) is 1. The van der Waals surface area contributed by atoms with Gasteiger partial charge < -0.3 is 5.73 Å². The van der Waals surface area contributed by atoms with Crippen LogP contribution in [0.25, 0.3) is 0 Å². The number of benzene rings is 2. The normalized spacial score (nSPS) is 18.6. The van der Waals surface area contributed by atoms with Gasteiger partial charge in [0.25, 0.3) is 0 Å². The van der Waals surface area contributed by atoms with Crippen LogP contribution in [0.15, 0.2) is 53.4 Å². The van der Waals surface area contributed by atoms with Crippen molar-refractivity contribution in [1.29, 1.82) is 0 Å². The molecule has 1 atom stereocenters. The summed E-state index contributed by atoms with van der Waals surface area (Å²) in [5.74, 6) is -0.956. The standard InChI is InChI=1S/C17H17FN2O3S/c18-15-3-1-2-13(10-15)14-8-9-20(11-14)24(22,23)16-6-4-12(5-7-16)17(19)21/h1-7,10,14H,8-9,11H2,(H2,19,21). The van der Waals surface area contributed by atoms with Crippen molar-refractivity contribution in [2.45, 2.75) is 17.2 Å². The fraction of sp³-hybridized carbons (Fsp3) is 0.235. The molecule has 3 rings (SSSR count). The summed E-state index contributed by atoms with van der Waals surface area (Å²) in [5, 5.41) is 0. The summed E-state index contributed by atoms with van der Waals surface area (Å²) in [5.41, 5.74) is 6.22. The van der Waals surface area contributed by atoms with Gasteiger partial charge in [-0.05, 0) is 54.3 Å². The predicted octanol–water partition coefficient (Wildman–Crippen LogP) is 2.10. The maximum atomic E-state index is 13.4. The molecular weight excluding hydrogens is 331 g/mol. The van der Waals surface area contributed by atoms with Gasteiger partial charge in [0, 0.05) is 18.7 Å². The number of amides is 1. The van der Waals surface area contributed by atoms with Crippen LogP contribution in [0.2, 0.25) is 0 Å². The maximum absolute atomic E-state index is 13.4. The van der Waals surface area contributed by atoms with Crippen molar-refractivity contribution < 1.29 is 17.6 Å². The molecule has 1 unspecified atom stereocenters. The van der Waals surface area contributed by atoms with Crippen molar-refractivity contribution in [2.75, 3.05) is 13.1 Å². The third-order valence-corrected chi connectivity index (χ3v) is 6.13. The molecule has 24 heavy (non-hydrogen) atoms. The molecule has 2 aromatic rings. The molecule has 126 valence electrons. The molecule has 1 amide bonds. The highest BCUT2D eigenvalue weighted by Crippen LogP contribution is 2.31. The molecular formula is C17H17FN2O3S. The van der Waals surface area contributed by atoms with E-state index in [1.165, 1.54) is 40.7 Å². The number of hydrogen-bond acceptors (Lipinski definition) is 3. The summed E-state index contributed by atoms with van der Waals surface area (Å²) < 4.78 is 40.1. The predicted molar refractivity (Wildman–Crippen MR) is 87.5 cm³/mol.